The van der Waals surface area contributed by atoms with Crippen LogP contribution in [-0.4, -0.2) is 50.6 Å². The van der Waals surface area contributed by atoms with Gasteiger partial charge in [0.05, 0.1) is 12.1 Å². The lowest BCUT2D eigenvalue weighted by atomic mass is 9.92. The lowest BCUT2D eigenvalue weighted by molar-refractivity contribution is -0.132. The van der Waals surface area contributed by atoms with E-state index in [0.29, 0.717) is 0 Å². The van der Waals surface area contributed by atoms with Gasteiger partial charge in [-0.05, 0) is 56.1 Å². The number of aromatic amines is 1. The summed E-state index contributed by atoms with van der Waals surface area (Å²) in [5, 5.41) is 1.24. The van der Waals surface area contributed by atoms with E-state index in [4.69, 9.17) is 0 Å². The maximum atomic E-state index is 13.7. The number of amides is 1. The number of nitrogens with zero attached hydrogens (tertiary/aromatic N) is 3. The van der Waals surface area contributed by atoms with Gasteiger partial charge in [0, 0.05) is 48.5 Å². The Balaban J connectivity index is 1.50. The van der Waals surface area contributed by atoms with E-state index in [9.17, 15) is 4.79 Å². The van der Waals surface area contributed by atoms with Crippen LogP contribution in [0.4, 0.5) is 0 Å². The molecule has 1 N–H and O–H groups in total. The normalized spacial score (nSPS) is 23.0. The van der Waals surface area contributed by atoms with Crippen LogP contribution in [-0.2, 0) is 11.2 Å². The van der Waals surface area contributed by atoms with Crippen molar-refractivity contribution in [3.8, 4) is 0 Å². The highest BCUT2D eigenvalue weighted by molar-refractivity contribution is 9.10. The van der Waals surface area contributed by atoms with E-state index in [-0.39, 0.29) is 22.8 Å². The van der Waals surface area contributed by atoms with Crippen molar-refractivity contribution < 1.29 is 4.79 Å². The predicted molar refractivity (Wildman–Crippen MR) is 123 cm³/mol. The molecule has 5 nitrogen and oxygen atoms in total. The van der Waals surface area contributed by atoms with Gasteiger partial charge in [-0.15, -0.1) is 0 Å². The Kier molecular flexibility index (Phi) is 5.15. The zero-order chi connectivity index (χ0) is 20.8. The van der Waals surface area contributed by atoms with Gasteiger partial charge in [-0.2, -0.15) is 0 Å². The molecule has 1 aromatic carbocycles. The number of aryl methyl sites for hydroxylation is 1. The molecular weight excluding hydrogens is 440 g/mol. The second-order valence-electron chi connectivity index (χ2n) is 8.62. The number of aromatic nitrogens is 2. The number of benzene rings is 1. The number of rotatable bonds is 3. The SMILES string of the molecule is Cc1ccc2[nH]c3c(c2c1)C(C(Br)C(=O)N1CCCC1c1cccnc1)N(C)CC3. The number of fused-ring (bicyclic) bond motifs is 3. The van der Waals surface area contributed by atoms with Gasteiger partial charge in [-0.1, -0.05) is 33.6 Å². The summed E-state index contributed by atoms with van der Waals surface area (Å²) in [6.45, 7) is 3.86. The number of hydrogen-bond acceptors (Lipinski definition) is 3. The molecular formula is C24H27BrN4O. The molecule has 3 atom stereocenters. The fourth-order valence-corrected chi connectivity index (χ4v) is 6.11. The second-order valence-corrected chi connectivity index (χ2v) is 9.61. The topological polar surface area (TPSA) is 52.2 Å². The van der Waals surface area contributed by atoms with Gasteiger partial charge >= 0.3 is 0 Å². The summed E-state index contributed by atoms with van der Waals surface area (Å²) in [7, 11) is 2.13. The first-order valence-corrected chi connectivity index (χ1v) is 11.6. The number of H-pyrrole nitrogens is 1. The van der Waals surface area contributed by atoms with Crippen molar-refractivity contribution in [1.82, 2.24) is 19.8 Å². The monoisotopic (exact) mass is 466 g/mol. The quantitative estimate of drug-likeness (QED) is 0.576. The molecule has 2 aromatic heterocycles. The number of halogens is 1. The molecule has 2 aliphatic rings. The average molecular weight is 467 g/mol. The number of likely N-dealkylation sites (N-methyl/N-ethyl adjacent to an activating group) is 1. The summed E-state index contributed by atoms with van der Waals surface area (Å²) in [4.78, 5) is 25.7. The van der Waals surface area contributed by atoms with E-state index < -0.39 is 0 Å². The van der Waals surface area contributed by atoms with E-state index in [1.54, 1.807) is 6.20 Å². The molecule has 1 fully saturated rings. The molecule has 0 spiro atoms. The molecule has 1 amide bonds. The van der Waals surface area contributed by atoms with Gasteiger partial charge < -0.3 is 9.88 Å². The third-order valence-corrected chi connectivity index (χ3v) is 7.57. The van der Waals surface area contributed by atoms with Gasteiger partial charge in [-0.25, -0.2) is 0 Å². The maximum absolute atomic E-state index is 13.7. The molecule has 2 aliphatic heterocycles. The van der Waals surface area contributed by atoms with Crippen LogP contribution in [0.1, 0.15) is 47.3 Å². The third kappa shape index (κ3) is 3.26. The number of carbonyl (C=O) groups excluding carboxylic acids is 1. The smallest absolute Gasteiger partial charge is 0.238 e. The Morgan fingerprint density at radius 2 is 2.17 bits per heavy atom. The van der Waals surface area contributed by atoms with Gasteiger partial charge in [-0.3, -0.25) is 14.7 Å². The molecule has 0 aliphatic carbocycles. The molecule has 6 heteroatoms. The Morgan fingerprint density at radius 3 is 2.97 bits per heavy atom. The Hall–Kier alpha value is -2.18. The van der Waals surface area contributed by atoms with Crippen LogP contribution in [0, 0.1) is 6.92 Å². The van der Waals surface area contributed by atoms with Crippen molar-refractivity contribution in [3.63, 3.8) is 0 Å². The van der Waals surface area contributed by atoms with Crippen LogP contribution >= 0.6 is 15.9 Å². The van der Waals surface area contributed by atoms with Crippen LogP contribution in [0.3, 0.4) is 0 Å². The summed E-state index contributed by atoms with van der Waals surface area (Å²) < 4.78 is 0. The molecule has 1 saturated heterocycles. The number of nitrogens with one attached hydrogen (secondary N) is 1. The molecule has 30 heavy (non-hydrogen) atoms. The third-order valence-electron chi connectivity index (χ3n) is 6.68. The van der Waals surface area contributed by atoms with E-state index >= 15 is 0 Å². The van der Waals surface area contributed by atoms with Crippen molar-refractivity contribution in [2.75, 3.05) is 20.1 Å². The molecule has 0 bridgehead atoms. The van der Waals surface area contributed by atoms with E-state index in [2.05, 4.69) is 73.9 Å². The first-order chi connectivity index (χ1) is 14.5. The first-order valence-electron chi connectivity index (χ1n) is 10.7. The lowest BCUT2D eigenvalue weighted by Gasteiger charge is -2.38. The second kappa shape index (κ2) is 7.82. The van der Waals surface area contributed by atoms with Crippen molar-refractivity contribution >= 4 is 32.7 Å². The molecule has 0 saturated carbocycles. The van der Waals surface area contributed by atoms with Gasteiger partial charge in [0.15, 0.2) is 0 Å². The van der Waals surface area contributed by atoms with Crippen molar-refractivity contribution in [2.45, 2.75) is 43.1 Å². The predicted octanol–water partition coefficient (Wildman–Crippen LogP) is 4.53. The van der Waals surface area contributed by atoms with E-state index in [0.717, 1.165) is 43.4 Å². The van der Waals surface area contributed by atoms with Gasteiger partial charge in [0.1, 0.15) is 4.83 Å². The molecule has 156 valence electrons. The minimum Gasteiger partial charge on any atom is -0.358 e. The highest BCUT2D eigenvalue weighted by atomic mass is 79.9. The van der Waals surface area contributed by atoms with Crippen LogP contribution < -0.4 is 0 Å². The fourth-order valence-electron chi connectivity index (χ4n) is 5.18. The number of pyridine rings is 1. The maximum Gasteiger partial charge on any atom is 0.238 e. The number of hydrogen-bond donors (Lipinski definition) is 1. The minimum atomic E-state index is -0.293. The lowest BCUT2D eigenvalue weighted by Crippen LogP contribution is -2.45. The fraction of sp³-hybridized carbons (Fsp3) is 0.417. The molecule has 3 unspecified atom stereocenters. The molecule has 3 aromatic rings. The van der Waals surface area contributed by atoms with E-state index in [1.165, 1.54) is 22.2 Å². The number of alkyl halides is 1. The van der Waals surface area contributed by atoms with Crippen molar-refractivity contribution in [2.24, 2.45) is 0 Å². The molecule has 0 radical (unpaired) electrons. The Labute approximate surface area is 185 Å². The Bertz CT molecular complexity index is 1080. The van der Waals surface area contributed by atoms with Crippen LogP contribution in [0.5, 0.6) is 0 Å². The van der Waals surface area contributed by atoms with E-state index in [1.807, 2.05) is 12.3 Å². The summed E-state index contributed by atoms with van der Waals surface area (Å²) in [5.41, 5.74) is 6.07. The zero-order valence-electron chi connectivity index (χ0n) is 17.4. The van der Waals surface area contributed by atoms with Crippen molar-refractivity contribution in [1.29, 1.82) is 0 Å². The van der Waals surface area contributed by atoms with Gasteiger partial charge in [0.25, 0.3) is 0 Å². The van der Waals surface area contributed by atoms with Crippen LogP contribution in [0.15, 0.2) is 42.7 Å². The highest BCUT2D eigenvalue weighted by Gasteiger charge is 2.41. The highest BCUT2D eigenvalue weighted by Crippen LogP contribution is 2.42. The summed E-state index contributed by atoms with van der Waals surface area (Å²) >= 11 is 3.85. The summed E-state index contributed by atoms with van der Waals surface area (Å²) in [6, 6.07) is 10.7. The summed E-state index contributed by atoms with van der Waals surface area (Å²) in [5.74, 6) is 0.174. The minimum absolute atomic E-state index is 0.00643. The summed E-state index contributed by atoms with van der Waals surface area (Å²) in [6.07, 6.45) is 6.69. The average Bonchev–Trinajstić information content (AvgIpc) is 3.38. The molecule has 4 heterocycles. The van der Waals surface area contributed by atoms with Crippen molar-refractivity contribution in [3.05, 3.63) is 65.1 Å². The Morgan fingerprint density at radius 1 is 1.30 bits per heavy atom. The first kappa shape index (κ1) is 19.8. The van der Waals surface area contributed by atoms with Gasteiger partial charge in [0.2, 0.25) is 5.91 Å². The van der Waals surface area contributed by atoms with Crippen LogP contribution in [0.2, 0.25) is 0 Å². The molecule has 5 rings (SSSR count). The standard InChI is InChI=1S/C24H27BrN4O/c1-15-7-8-18-17(13-15)21-19(27-18)9-12-28(2)23(21)22(25)24(30)29-11-4-6-20(29)16-5-3-10-26-14-16/h3,5,7-8,10,13-14,20,22-23,27H,4,6,9,11-12H2,1-2H3. The zero-order valence-corrected chi connectivity index (χ0v) is 19.0. The van der Waals surface area contributed by atoms with Crippen LogP contribution in [0.25, 0.3) is 10.9 Å². The largest absolute Gasteiger partial charge is 0.358 e. The number of carbonyl (C=O) groups is 1. The number of likely N-dealkylation sites (tertiary alicyclic amines) is 1.